The average molecular weight is 396 g/mol. The molecule has 3 aromatic rings. The molecule has 3 rings (SSSR count). The van der Waals surface area contributed by atoms with E-state index in [1.165, 1.54) is 6.07 Å². The van der Waals surface area contributed by atoms with Crippen molar-refractivity contribution < 1.29 is 4.39 Å². The number of aromatic nitrogens is 1. The third-order valence-corrected chi connectivity index (χ3v) is 4.53. The zero-order chi connectivity index (χ0) is 18.0. The molecule has 0 unspecified atom stereocenters. The van der Waals surface area contributed by atoms with Gasteiger partial charge in [-0.3, -0.25) is 0 Å². The van der Waals surface area contributed by atoms with Crippen LogP contribution in [0.4, 0.5) is 10.2 Å². The summed E-state index contributed by atoms with van der Waals surface area (Å²) in [6.45, 7) is 1.96. The zero-order valence-electron chi connectivity index (χ0n) is 13.6. The molecule has 1 aromatic heterocycles. The number of halogens is 2. The van der Waals surface area contributed by atoms with Crippen molar-refractivity contribution in [3.05, 3.63) is 69.9 Å². The van der Waals surface area contributed by atoms with Crippen LogP contribution in [0.25, 0.3) is 22.4 Å². The molecule has 0 aliphatic heterocycles. The summed E-state index contributed by atoms with van der Waals surface area (Å²) in [5.74, 6) is -0.299. The molecule has 0 radical (unpaired) electrons. The second-order valence-corrected chi connectivity index (χ2v) is 6.45. The normalized spacial score (nSPS) is 10.5. The maximum absolute atomic E-state index is 14.6. The lowest BCUT2D eigenvalue weighted by Gasteiger charge is -2.17. The highest BCUT2D eigenvalue weighted by Gasteiger charge is 2.22. The summed E-state index contributed by atoms with van der Waals surface area (Å²) < 4.78 is 15.3. The van der Waals surface area contributed by atoms with E-state index in [0.717, 1.165) is 15.6 Å². The summed E-state index contributed by atoms with van der Waals surface area (Å²) in [6, 6.07) is 16.3. The first-order valence-electron chi connectivity index (χ1n) is 7.80. The van der Waals surface area contributed by atoms with Crippen molar-refractivity contribution in [3.63, 3.8) is 0 Å². The highest BCUT2D eigenvalue weighted by molar-refractivity contribution is 9.10. The van der Waals surface area contributed by atoms with E-state index in [1.807, 2.05) is 37.3 Å². The van der Waals surface area contributed by atoms with Crippen LogP contribution in [0.5, 0.6) is 0 Å². The summed E-state index contributed by atoms with van der Waals surface area (Å²) in [5, 5.41) is 9.60. The number of nitrogen functional groups attached to an aromatic ring is 1. The number of hydrogen-bond donors (Lipinski definition) is 1. The van der Waals surface area contributed by atoms with Crippen molar-refractivity contribution in [2.75, 3.05) is 5.73 Å². The monoisotopic (exact) mass is 395 g/mol. The molecule has 0 aliphatic carbocycles. The molecule has 0 bridgehead atoms. The van der Waals surface area contributed by atoms with Gasteiger partial charge in [0.25, 0.3) is 0 Å². The molecule has 5 heteroatoms. The van der Waals surface area contributed by atoms with Crippen LogP contribution in [-0.4, -0.2) is 4.98 Å². The molecular formula is C20H15BrFN3. The molecule has 25 heavy (non-hydrogen) atoms. The third-order valence-electron chi connectivity index (χ3n) is 4.04. The van der Waals surface area contributed by atoms with Crippen LogP contribution >= 0.6 is 15.9 Å². The van der Waals surface area contributed by atoms with Gasteiger partial charge in [0, 0.05) is 21.2 Å². The number of nitrogens with two attached hydrogens (primary N) is 1. The van der Waals surface area contributed by atoms with E-state index in [-0.39, 0.29) is 11.4 Å². The van der Waals surface area contributed by atoms with Crippen molar-refractivity contribution in [1.29, 1.82) is 5.26 Å². The molecule has 1 heterocycles. The van der Waals surface area contributed by atoms with Crippen LogP contribution in [0, 0.1) is 17.1 Å². The number of rotatable bonds is 3. The van der Waals surface area contributed by atoms with Crippen LogP contribution in [0.15, 0.2) is 53.0 Å². The predicted molar refractivity (Wildman–Crippen MR) is 101 cm³/mol. The predicted octanol–water partition coefficient (Wildman–Crippen LogP) is 5.33. The molecular weight excluding hydrogens is 381 g/mol. The summed E-state index contributed by atoms with van der Waals surface area (Å²) in [6.07, 6.45) is 0.591. The van der Waals surface area contributed by atoms with Gasteiger partial charge in [-0.2, -0.15) is 5.26 Å². The highest BCUT2D eigenvalue weighted by atomic mass is 79.9. The maximum atomic E-state index is 14.6. The summed E-state index contributed by atoms with van der Waals surface area (Å²) in [7, 11) is 0. The summed E-state index contributed by atoms with van der Waals surface area (Å²) >= 11 is 3.37. The van der Waals surface area contributed by atoms with Gasteiger partial charge in [-0.15, -0.1) is 0 Å². The van der Waals surface area contributed by atoms with Gasteiger partial charge in [-0.1, -0.05) is 53.2 Å². The smallest absolute Gasteiger partial charge is 0.142 e. The molecule has 2 N–H and O–H groups in total. The molecule has 2 aromatic carbocycles. The van der Waals surface area contributed by atoms with E-state index in [0.29, 0.717) is 23.2 Å². The maximum Gasteiger partial charge on any atom is 0.142 e. The minimum absolute atomic E-state index is 0.105. The fourth-order valence-corrected chi connectivity index (χ4v) is 3.28. The van der Waals surface area contributed by atoms with Gasteiger partial charge in [0.2, 0.25) is 0 Å². The van der Waals surface area contributed by atoms with Gasteiger partial charge in [0.15, 0.2) is 0 Å². The molecule has 0 spiro atoms. The van der Waals surface area contributed by atoms with E-state index in [4.69, 9.17) is 5.73 Å². The Labute approximate surface area is 154 Å². The fourth-order valence-electron chi connectivity index (χ4n) is 2.92. The lowest BCUT2D eigenvalue weighted by molar-refractivity contribution is 0.631. The zero-order valence-corrected chi connectivity index (χ0v) is 15.1. The molecule has 3 nitrogen and oxygen atoms in total. The first-order chi connectivity index (χ1) is 12.1. The number of pyridine rings is 1. The van der Waals surface area contributed by atoms with Gasteiger partial charge in [-0.05, 0) is 30.2 Å². The number of benzene rings is 2. The SMILES string of the molecule is CCc1c(-c2ccccc2)nc(N)c(C#N)c1-c1cc(Br)ccc1F. The van der Waals surface area contributed by atoms with Crippen molar-refractivity contribution in [3.8, 4) is 28.5 Å². The number of nitrogens with zero attached hydrogens (tertiary/aromatic N) is 2. The van der Waals surface area contributed by atoms with E-state index in [2.05, 4.69) is 27.0 Å². The molecule has 0 saturated carbocycles. The van der Waals surface area contributed by atoms with Gasteiger partial charge < -0.3 is 5.73 Å². The Morgan fingerprint density at radius 3 is 2.56 bits per heavy atom. The first-order valence-corrected chi connectivity index (χ1v) is 8.59. The van der Waals surface area contributed by atoms with Crippen LogP contribution in [0.3, 0.4) is 0 Å². The van der Waals surface area contributed by atoms with Crippen LogP contribution < -0.4 is 5.73 Å². The van der Waals surface area contributed by atoms with Crippen LogP contribution in [0.2, 0.25) is 0 Å². The van der Waals surface area contributed by atoms with E-state index in [9.17, 15) is 9.65 Å². The molecule has 0 amide bonds. The van der Waals surface area contributed by atoms with Gasteiger partial charge in [-0.25, -0.2) is 9.37 Å². The molecule has 124 valence electrons. The lowest BCUT2D eigenvalue weighted by Crippen LogP contribution is -2.06. The Bertz CT molecular complexity index is 978. The first kappa shape index (κ1) is 17.1. The Morgan fingerprint density at radius 2 is 1.92 bits per heavy atom. The lowest BCUT2D eigenvalue weighted by atomic mass is 9.90. The number of anilines is 1. The van der Waals surface area contributed by atoms with Crippen LogP contribution in [-0.2, 0) is 6.42 Å². The Morgan fingerprint density at radius 1 is 1.20 bits per heavy atom. The van der Waals surface area contributed by atoms with Gasteiger partial charge in [0.05, 0.1) is 5.69 Å². The van der Waals surface area contributed by atoms with Crippen LogP contribution in [0.1, 0.15) is 18.1 Å². The Hall–Kier alpha value is -2.71. The largest absolute Gasteiger partial charge is 0.383 e. The van der Waals surface area contributed by atoms with Crippen molar-refractivity contribution in [2.24, 2.45) is 0 Å². The third kappa shape index (κ3) is 3.13. The summed E-state index contributed by atoms with van der Waals surface area (Å²) in [5.41, 5.74) is 9.46. The average Bonchev–Trinajstić information content (AvgIpc) is 2.63. The second-order valence-electron chi connectivity index (χ2n) is 5.53. The molecule has 0 aliphatic rings. The van der Waals surface area contributed by atoms with E-state index >= 15 is 0 Å². The standard InChI is InChI=1S/C20H15BrFN3/c1-2-14-18(15-10-13(21)8-9-17(15)22)16(11-23)20(24)25-19(14)12-6-4-3-5-7-12/h3-10H,2H2,1H3,(H2,24,25). The molecule has 0 saturated heterocycles. The highest BCUT2D eigenvalue weighted by Crippen LogP contribution is 2.38. The minimum Gasteiger partial charge on any atom is -0.383 e. The number of nitriles is 1. The summed E-state index contributed by atoms with van der Waals surface area (Å²) in [4.78, 5) is 4.44. The quantitative estimate of drug-likeness (QED) is 0.651. The van der Waals surface area contributed by atoms with Gasteiger partial charge >= 0.3 is 0 Å². The van der Waals surface area contributed by atoms with E-state index < -0.39 is 5.82 Å². The van der Waals surface area contributed by atoms with Crippen molar-refractivity contribution in [2.45, 2.75) is 13.3 Å². The fraction of sp³-hybridized carbons (Fsp3) is 0.100. The van der Waals surface area contributed by atoms with E-state index in [1.54, 1.807) is 12.1 Å². The minimum atomic E-state index is -0.404. The van der Waals surface area contributed by atoms with Crippen molar-refractivity contribution in [1.82, 2.24) is 4.98 Å². The number of hydrogen-bond acceptors (Lipinski definition) is 3. The molecule has 0 fully saturated rings. The topological polar surface area (TPSA) is 62.7 Å². The second kappa shape index (κ2) is 7.04. The van der Waals surface area contributed by atoms with Gasteiger partial charge in [0.1, 0.15) is 23.3 Å². The Kier molecular flexibility index (Phi) is 4.82. The Balaban J connectivity index is 2.43. The molecule has 0 atom stereocenters. The van der Waals surface area contributed by atoms with Crippen molar-refractivity contribution >= 4 is 21.7 Å².